The Morgan fingerprint density at radius 3 is 3.09 bits per heavy atom. The molecule has 1 N–H and O–H groups in total. The summed E-state index contributed by atoms with van der Waals surface area (Å²) in [7, 11) is 0. The number of allylic oxidation sites excluding steroid dienone is 3. The number of rotatable bonds is 0. The van der Waals surface area contributed by atoms with Gasteiger partial charge < -0.3 is 5.32 Å². The predicted octanol–water partition coefficient (Wildman–Crippen LogP) is 1.50. The Morgan fingerprint density at radius 1 is 1.36 bits per heavy atom. The molecule has 0 radical (unpaired) electrons. The second kappa shape index (κ2) is 2.53. The summed E-state index contributed by atoms with van der Waals surface area (Å²) in [5.41, 5.74) is 2.17. The van der Waals surface area contributed by atoms with Gasteiger partial charge in [-0.1, -0.05) is 6.08 Å². The maximum Gasteiger partial charge on any atom is 0.160 e. The summed E-state index contributed by atoms with van der Waals surface area (Å²) in [6, 6.07) is 0. The molecule has 2 rings (SSSR count). The molecule has 11 heavy (non-hydrogen) atoms. The van der Waals surface area contributed by atoms with Gasteiger partial charge in [-0.3, -0.25) is 4.79 Å². The van der Waals surface area contributed by atoms with Crippen LogP contribution < -0.4 is 5.32 Å². The highest BCUT2D eigenvalue weighted by Crippen LogP contribution is 2.24. The molecule has 0 unspecified atom stereocenters. The number of hydrogen-bond acceptors (Lipinski definition) is 2. The first-order valence-electron chi connectivity index (χ1n) is 4.05. The molecule has 58 valence electrons. The molecule has 1 aliphatic carbocycles. The molecule has 0 aromatic rings. The zero-order valence-corrected chi connectivity index (χ0v) is 6.39. The van der Waals surface area contributed by atoms with Crippen LogP contribution in [0.25, 0.3) is 0 Å². The van der Waals surface area contributed by atoms with Crippen LogP contribution in [0.3, 0.4) is 0 Å². The lowest BCUT2D eigenvalue weighted by Gasteiger charge is -2.21. The van der Waals surface area contributed by atoms with E-state index in [9.17, 15) is 4.79 Å². The highest BCUT2D eigenvalue weighted by Gasteiger charge is 2.20. The zero-order valence-electron chi connectivity index (χ0n) is 6.39. The Bertz CT molecular complexity index is 250. The van der Waals surface area contributed by atoms with E-state index in [0.29, 0.717) is 5.78 Å². The number of dihydropyridines is 1. The number of Topliss-reactive ketones (excluding diaryl/α,β-unsaturated/α-hetero) is 1. The van der Waals surface area contributed by atoms with Crippen LogP contribution in [0.2, 0.25) is 0 Å². The smallest absolute Gasteiger partial charge is 0.160 e. The Balaban J connectivity index is 2.29. The summed E-state index contributed by atoms with van der Waals surface area (Å²) < 4.78 is 0. The summed E-state index contributed by atoms with van der Waals surface area (Å²) in [6.07, 6.45) is 7.57. The number of ketones is 1. The van der Waals surface area contributed by atoms with Crippen molar-refractivity contribution >= 4 is 5.78 Å². The van der Waals surface area contributed by atoms with Crippen LogP contribution in [-0.2, 0) is 4.79 Å². The van der Waals surface area contributed by atoms with Gasteiger partial charge in [0.2, 0.25) is 0 Å². The summed E-state index contributed by atoms with van der Waals surface area (Å²) in [6.45, 7) is 0. The Labute approximate surface area is 66.0 Å². The Kier molecular flexibility index (Phi) is 1.53. The highest BCUT2D eigenvalue weighted by atomic mass is 16.1. The van der Waals surface area contributed by atoms with E-state index in [4.69, 9.17) is 0 Å². The topological polar surface area (TPSA) is 29.1 Å². The Hall–Kier alpha value is -1.05. The van der Waals surface area contributed by atoms with Crippen molar-refractivity contribution in [3.63, 3.8) is 0 Å². The first-order valence-corrected chi connectivity index (χ1v) is 4.05. The average Bonchev–Trinajstić information content (AvgIpc) is 2.06. The normalized spacial score (nSPS) is 23.1. The van der Waals surface area contributed by atoms with Crippen LogP contribution in [0, 0.1) is 0 Å². The van der Waals surface area contributed by atoms with E-state index in [1.54, 1.807) is 0 Å². The van der Waals surface area contributed by atoms with Crippen molar-refractivity contribution in [3.8, 4) is 0 Å². The minimum Gasteiger partial charge on any atom is -0.365 e. The second-order valence-electron chi connectivity index (χ2n) is 2.98. The zero-order chi connectivity index (χ0) is 7.68. The third-order valence-electron chi connectivity index (χ3n) is 2.23. The Morgan fingerprint density at radius 2 is 2.27 bits per heavy atom. The molecule has 0 bridgehead atoms. The van der Waals surface area contributed by atoms with E-state index in [-0.39, 0.29) is 0 Å². The highest BCUT2D eigenvalue weighted by molar-refractivity contribution is 5.97. The standard InChI is InChI=1S/C9H11NO/c11-9-5-1-4-8-7(9)3-2-6-10-8/h2,6,10H,1,3-5H2. The van der Waals surface area contributed by atoms with Gasteiger partial charge in [-0.05, 0) is 25.5 Å². The molecule has 1 aliphatic heterocycles. The fourth-order valence-electron chi connectivity index (χ4n) is 1.63. The van der Waals surface area contributed by atoms with Crippen molar-refractivity contribution in [2.45, 2.75) is 25.7 Å². The van der Waals surface area contributed by atoms with Crippen molar-refractivity contribution in [1.29, 1.82) is 0 Å². The summed E-state index contributed by atoms with van der Waals surface area (Å²) in [4.78, 5) is 11.3. The molecule has 0 spiro atoms. The first kappa shape index (κ1) is 6.65. The van der Waals surface area contributed by atoms with E-state index in [1.165, 1.54) is 0 Å². The largest absolute Gasteiger partial charge is 0.365 e. The van der Waals surface area contributed by atoms with Crippen LogP contribution >= 0.6 is 0 Å². The maximum absolute atomic E-state index is 11.3. The lowest BCUT2D eigenvalue weighted by atomic mass is 9.91. The fourth-order valence-corrected chi connectivity index (χ4v) is 1.63. The molecule has 2 aliphatic rings. The van der Waals surface area contributed by atoms with Gasteiger partial charge in [-0.2, -0.15) is 0 Å². The van der Waals surface area contributed by atoms with Gasteiger partial charge in [0.1, 0.15) is 0 Å². The van der Waals surface area contributed by atoms with Gasteiger partial charge in [0, 0.05) is 17.7 Å². The van der Waals surface area contributed by atoms with Gasteiger partial charge in [0.25, 0.3) is 0 Å². The summed E-state index contributed by atoms with van der Waals surface area (Å²) in [5, 5.41) is 3.13. The van der Waals surface area contributed by atoms with Crippen LogP contribution in [0.5, 0.6) is 0 Å². The van der Waals surface area contributed by atoms with Gasteiger partial charge in [-0.15, -0.1) is 0 Å². The van der Waals surface area contributed by atoms with Gasteiger partial charge in [0.05, 0.1) is 0 Å². The lowest BCUT2D eigenvalue weighted by molar-refractivity contribution is -0.116. The predicted molar refractivity (Wildman–Crippen MR) is 42.8 cm³/mol. The molecular formula is C9H11NO. The van der Waals surface area contributed by atoms with Crippen LogP contribution in [0.15, 0.2) is 23.5 Å². The van der Waals surface area contributed by atoms with Gasteiger partial charge in [0.15, 0.2) is 5.78 Å². The number of carbonyl (C=O) groups is 1. The molecule has 0 aromatic heterocycles. The van der Waals surface area contributed by atoms with Gasteiger partial charge >= 0.3 is 0 Å². The third kappa shape index (κ3) is 1.09. The molecule has 2 heteroatoms. The number of hydrogen-bond donors (Lipinski definition) is 1. The summed E-state index contributed by atoms with van der Waals surface area (Å²) >= 11 is 0. The van der Waals surface area contributed by atoms with Crippen LogP contribution in [0.1, 0.15) is 25.7 Å². The minimum absolute atomic E-state index is 0.336. The first-order chi connectivity index (χ1) is 5.38. The van der Waals surface area contributed by atoms with Crippen molar-refractivity contribution in [2.24, 2.45) is 0 Å². The molecule has 0 amide bonds. The third-order valence-corrected chi connectivity index (χ3v) is 2.23. The maximum atomic E-state index is 11.3. The van der Waals surface area contributed by atoms with Crippen molar-refractivity contribution in [3.05, 3.63) is 23.5 Å². The molecule has 2 nitrogen and oxygen atoms in total. The lowest BCUT2D eigenvalue weighted by Crippen LogP contribution is -2.21. The van der Waals surface area contributed by atoms with Gasteiger partial charge in [-0.25, -0.2) is 0 Å². The van der Waals surface area contributed by atoms with Crippen LogP contribution in [0.4, 0.5) is 0 Å². The number of carbonyl (C=O) groups excluding carboxylic acids is 1. The molecule has 0 fully saturated rings. The molecular weight excluding hydrogens is 138 g/mol. The fraction of sp³-hybridized carbons (Fsp3) is 0.444. The summed E-state index contributed by atoms with van der Waals surface area (Å²) in [5.74, 6) is 0.336. The monoisotopic (exact) mass is 149 g/mol. The van der Waals surface area contributed by atoms with E-state index in [1.807, 2.05) is 12.3 Å². The van der Waals surface area contributed by atoms with Crippen LogP contribution in [-0.4, -0.2) is 5.78 Å². The average molecular weight is 149 g/mol. The quantitative estimate of drug-likeness (QED) is 0.565. The minimum atomic E-state index is 0.336. The molecule has 0 aromatic carbocycles. The van der Waals surface area contributed by atoms with E-state index >= 15 is 0 Å². The van der Waals surface area contributed by atoms with E-state index < -0.39 is 0 Å². The molecule has 0 atom stereocenters. The molecule has 0 saturated heterocycles. The SMILES string of the molecule is O=C1CCCC2=C1CC=CN2. The molecule has 0 saturated carbocycles. The van der Waals surface area contributed by atoms with Crippen molar-refractivity contribution in [1.82, 2.24) is 5.32 Å². The van der Waals surface area contributed by atoms with E-state index in [2.05, 4.69) is 5.32 Å². The second-order valence-corrected chi connectivity index (χ2v) is 2.98. The number of nitrogens with one attached hydrogen (secondary N) is 1. The van der Waals surface area contributed by atoms with Crippen molar-refractivity contribution in [2.75, 3.05) is 0 Å². The molecule has 1 heterocycles. The van der Waals surface area contributed by atoms with E-state index in [0.717, 1.165) is 37.0 Å². The van der Waals surface area contributed by atoms with Crippen molar-refractivity contribution < 1.29 is 4.79 Å².